The summed E-state index contributed by atoms with van der Waals surface area (Å²) in [5.41, 5.74) is 2.84. The van der Waals surface area contributed by atoms with Crippen LogP contribution in [-0.2, 0) is 17.6 Å². The number of nitrogens with zero attached hydrogens (tertiary/aromatic N) is 1. The third-order valence-corrected chi connectivity index (χ3v) is 6.08. The molecule has 35 heavy (non-hydrogen) atoms. The van der Waals surface area contributed by atoms with E-state index in [4.69, 9.17) is 9.47 Å². The molecule has 0 saturated carbocycles. The molecule has 0 aliphatic carbocycles. The number of urea groups is 1. The number of methoxy groups -OCH3 is 2. The number of benzene rings is 3. The van der Waals surface area contributed by atoms with Gasteiger partial charge in [-0.3, -0.25) is 4.79 Å². The van der Waals surface area contributed by atoms with Crippen molar-refractivity contribution >= 4 is 17.6 Å². The summed E-state index contributed by atoms with van der Waals surface area (Å²) in [4.78, 5) is 27.5. The van der Waals surface area contributed by atoms with Crippen molar-refractivity contribution in [2.45, 2.75) is 18.9 Å². The normalized spacial score (nSPS) is 14.6. The highest BCUT2D eigenvalue weighted by Crippen LogP contribution is 2.38. The molecule has 8 heteroatoms. The predicted molar refractivity (Wildman–Crippen MR) is 131 cm³/mol. The summed E-state index contributed by atoms with van der Waals surface area (Å²) in [6.07, 6.45) is 0.808. The molecular formula is C27H28FN3O4. The molecule has 1 aliphatic heterocycles. The molecule has 7 nitrogen and oxygen atoms in total. The van der Waals surface area contributed by atoms with Crippen LogP contribution in [0.5, 0.6) is 11.5 Å². The van der Waals surface area contributed by atoms with Crippen molar-refractivity contribution in [2.24, 2.45) is 0 Å². The Morgan fingerprint density at radius 2 is 1.69 bits per heavy atom. The monoisotopic (exact) mass is 477 g/mol. The summed E-state index contributed by atoms with van der Waals surface area (Å²) < 4.78 is 25.1. The zero-order valence-electron chi connectivity index (χ0n) is 19.7. The average Bonchev–Trinajstić information content (AvgIpc) is 2.88. The fourth-order valence-electron chi connectivity index (χ4n) is 4.30. The Bertz CT molecular complexity index is 1200. The van der Waals surface area contributed by atoms with Crippen molar-refractivity contribution in [1.82, 2.24) is 10.2 Å². The van der Waals surface area contributed by atoms with Crippen LogP contribution in [-0.4, -0.2) is 44.1 Å². The van der Waals surface area contributed by atoms with Crippen LogP contribution in [0.1, 0.15) is 22.7 Å². The molecular weight excluding hydrogens is 449 g/mol. The van der Waals surface area contributed by atoms with Crippen LogP contribution in [0.2, 0.25) is 0 Å². The second-order valence-corrected chi connectivity index (χ2v) is 8.24. The second kappa shape index (κ2) is 10.9. The van der Waals surface area contributed by atoms with Crippen molar-refractivity contribution < 1.29 is 23.5 Å². The zero-order chi connectivity index (χ0) is 24.8. The summed E-state index contributed by atoms with van der Waals surface area (Å²) in [7, 11) is 3.12. The summed E-state index contributed by atoms with van der Waals surface area (Å²) in [5.74, 6) is 0.459. The van der Waals surface area contributed by atoms with Gasteiger partial charge in [-0.15, -0.1) is 0 Å². The number of amides is 3. The maximum atomic E-state index is 14.2. The van der Waals surface area contributed by atoms with Gasteiger partial charge >= 0.3 is 6.03 Å². The Morgan fingerprint density at radius 3 is 2.40 bits per heavy atom. The van der Waals surface area contributed by atoms with Crippen molar-refractivity contribution in [2.75, 3.05) is 32.6 Å². The summed E-state index contributed by atoms with van der Waals surface area (Å²) in [6, 6.07) is 18.3. The van der Waals surface area contributed by atoms with Crippen molar-refractivity contribution in [1.29, 1.82) is 0 Å². The highest BCUT2D eigenvalue weighted by Gasteiger charge is 2.33. The maximum Gasteiger partial charge on any atom is 0.322 e. The predicted octanol–water partition coefficient (Wildman–Crippen LogP) is 4.33. The molecule has 1 heterocycles. The Hall–Kier alpha value is -4.07. The van der Waals surface area contributed by atoms with Crippen LogP contribution in [0.25, 0.3) is 0 Å². The summed E-state index contributed by atoms with van der Waals surface area (Å²) in [5, 5.41) is 5.62. The number of rotatable bonds is 7. The number of hydrogen-bond acceptors (Lipinski definition) is 4. The lowest BCUT2D eigenvalue weighted by molar-refractivity contribution is -0.120. The molecule has 0 bridgehead atoms. The minimum atomic E-state index is -0.516. The van der Waals surface area contributed by atoms with Crippen molar-refractivity contribution in [3.63, 3.8) is 0 Å². The topological polar surface area (TPSA) is 79.9 Å². The van der Waals surface area contributed by atoms with Gasteiger partial charge in [-0.05, 0) is 47.4 Å². The van der Waals surface area contributed by atoms with Crippen molar-refractivity contribution in [3.05, 3.63) is 89.2 Å². The highest BCUT2D eigenvalue weighted by molar-refractivity contribution is 5.90. The van der Waals surface area contributed by atoms with Gasteiger partial charge in [0.05, 0.1) is 32.4 Å². The van der Waals surface area contributed by atoms with E-state index in [-0.39, 0.29) is 24.6 Å². The first-order valence-electron chi connectivity index (χ1n) is 11.4. The minimum absolute atomic E-state index is 0.0995. The van der Waals surface area contributed by atoms with Gasteiger partial charge < -0.3 is 25.0 Å². The van der Waals surface area contributed by atoms with E-state index in [1.807, 2.05) is 42.5 Å². The van der Waals surface area contributed by atoms with Gasteiger partial charge in [-0.2, -0.15) is 0 Å². The molecule has 1 atom stereocenters. The molecule has 3 amide bonds. The van der Waals surface area contributed by atoms with Gasteiger partial charge in [0.25, 0.3) is 0 Å². The van der Waals surface area contributed by atoms with Crippen LogP contribution < -0.4 is 20.1 Å². The number of halogens is 1. The van der Waals surface area contributed by atoms with E-state index in [1.54, 1.807) is 31.3 Å². The first-order valence-corrected chi connectivity index (χ1v) is 11.4. The lowest BCUT2D eigenvalue weighted by Gasteiger charge is -2.38. The molecule has 0 aromatic heterocycles. The molecule has 0 saturated heterocycles. The fourth-order valence-corrected chi connectivity index (χ4v) is 4.30. The molecule has 0 radical (unpaired) electrons. The Kier molecular flexibility index (Phi) is 7.50. The van der Waals surface area contributed by atoms with Crippen LogP contribution in [0.4, 0.5) is 14.9 Å². The molecule has 0 fully saturated rings. The number of fused-ring (bicyclic) bond motifs is 1. The molecule has 0 spiro atoms. The van der Waals surface area contributed by atoms with Gasteiger partial charge in [0, 0.05) is 13.1 Å². The third-order valence-electron chi connectivity index (χ3n) is 6.08. The maximum absolute atomic E-state index is 14.2. The molecule has 3 aromatic rings. The molecule has 182 valence electrons. The summed E-state index contributed by atoms with van der Waals surface area (Å²) >= 11 is 0. The van der Waals surface area contributed by atoms with Crippen LogP contribution >= 0.6 is 0 Å². The highest BCUT2D eigenvalue weighted by atomic mass is 19.1. The third kappa shape index (κ3) is 5.54. The van der Waals surface area contributed by atoms with E-state index >= 15 is 0 Å². The van der Waals surface area contributed by atoms with Crippen molar-refractivity contribution in [3.8, 4) is 11.5 Å². The molecule has 3 aromatic carbocycles. The van der Waals surface area contributed by atoms with Crippen LogP contribution in [0.15, 0.2) is 66.7 Å². The van der Waals surface area contributed by atoms with Crippen LogP contribution in [0, 0.1) is 5.82 Å². The number of hydrogen-bond donors (Lipinski definition) is 2. The molecule has 4 rings (SSSR count). The number of ether oxygens (including phenoxy) is 2. The quantitative estimate of drug-likeness (QED) is 0.531. The number of carbonyl (C=O) groups excluding carboxylic acids is 2. The number of nitrogens with one attached hydrogen (secondary N) is 2. The first-order chi connectivity index (χ1) is 17.0. The number of para-hydroxylation sites is 1. The fraction of sp³-hybridized carbons (Fsp3) is 0.259. The average molecular weight is 478 g/mol. The van der Waals surface area contributed by atoms with E-state index < -0.39 is 17.9 Å². The lowest BCUT2D eigenvalue weighted by Crippen LogP contribution is -2.47. The SMILES string of the molecule is COc1cc2c(cc1OC)C(CNC(=O)Cc1ccccc1)N(C(=O)Nc1ccccc1F)CC2. The number of anilines is 1. The van der Waals surface area contributed by atoms with E-state index in [9.17, 15) is 14.0 Å². The molecule has 2 N–H and O–H groups in total. The number of carbonyl (C=O) groups is 2. The lowest BCUT2D eigenvalue weighted by atomic mass is 9.91. The van der Waals surface area contributed by atoms with E-state index in [0.29, 0.717) is 24.5 Å². The second-order valence-electron chi connectivity index (χ2n) is 8.24. The molecule has 1 unspecified atom stereocenters. The molecule has 1 aliphatic rings. The minimum Gasteiger partial charge on any atom is -0.493 e. The van der Waals surface area contributed by atoms with E-state index in [2.05, 4.69) is 10.6 Å². The van der Waals surface area contributed by atoms with E-state index in [0.717, 1.165) is 16.7 Å². The van der Waals surface area contributed by atoms with E-state index in [1.165, 1.54) is 12.1 Å². The zero-order valence-corrected chi connectivity index (χ0v) is 19.7. The first kappa shape index (κ1) is 24.1. The van der Waals surface area contributed by atoms with Gasteiger partial charge in [-0.1, -0.05) is 42.5 Å². The Labute approximate surface area is 203 Å². The standard InChI is InChI=1S/C27H28FN3O4/c1-34-24-15-19-12-13-31(27(33)30-22-11-7-6-10-21(22)28)23(20(19)16-25(24)35-2)17-29-26(32)14-18-8-4-3-5-9-18/h3-11,15-16,23H,12-14,17H2,1-2H3,(H,29,32)(H,30,33). The van der Waals surface area contributed by atoms with Gasteiger partial charge in [0.15, 0.2) is 11.5 Å². The van der Waals surface area contributed by atoms with Crippen LogP contribution in [0.3, 0.4) is 0 Å². The smallest absolute Gasteiger partial charge is 0.322 e. The Morgan fingerprint density at radius 1 is 1.00 bits per heavy atom. The van der Waals surface area contributed by atoms with Gasteiger partial charge in [-0.25, -0.2) is 9.18 Å². The largest absolute Gasteiger partial charge is 0.493 e. The summed E-state index contributed by atoms with van der Waals surface area (Å²) in [6.45, 7) is 0.584. The van der Waals surface area contributed by atoms with Gasteiger partial charge in [0.1, 0.15) is 5.82 Å². The van der Waals surface area contributed by atoms with Gasteiger partial charge in [0.2, 0.25) is 5.91 Å². The Balaban J connectivity index is 1.59.